The van der Waals surface area contributed by atoms with E-state index in [1.807, 2.05) is 0 Å². The molecule has 72 valence electrons. The summed E-state index contributed by atoms with van der Waals surface area (Å²) in [6.45, 7) is 0. The van der Waals surface area contributed by atoms with Gasteiger partial charge in [-0.2, -0.15) is 0 Å². The van der Waals surface area contributed by atoms with Gasteiger partial charge in [-0.15, -0.1) is 0 Å². The van der Waals surface area contributed by atoms with E-state index < -0.39 is 0 Å². The van der Waals surface area contributed by atoms with Crippen molar-refractivity contribution in [3.63, 3.8) is 0 Å². The Labute approximate surface area is 79.3 Å². The predicted molar refractivity (Wildman–Crippen MR) is 50.6 cm³/mol. The largest absolute Gasteiger partial charge is 0.508 e. The van der Waals surface area contributed by atoms with Crippen molar-refractivity contribution in [1.29, 1.82) is 0 Å². The van der Waals surface area contributed by atoms with E-state index in [-0.39, 0.29) is 28.4 Å². The zero-order valence-corrected chi connectivity index (χ0v) is 7.10. The average molecular weight is 192 g/mol. The highest BCUT2D eigenvalue weighted by Gasteiger charge is 2.09. The Morgan fingerprint density at radius 2 is 1.43 bits per heavy atom. The van der Waals surface area contributed by atoms with E-state index in [0.29, 0.717) is 5.39 Å². The van der Waals surface area contributed by atoms with Gasteiger partial charge in [-0.1, -0.05) is 0 Å². The fourth-order valence-corrected chi connectivity index (χ4v) is 1.37. The summed E-state index contributed by atoms with van der Waals surface area (Å²) in [5, 5.41) is 37.8. The van der Waals surface area contributed by atoms with Gasteiger partial charge in [-0.3, -0.25) is 0 Å². The van der Waals surface area contributed by atoms with E-state index in [2.05, 4.69) is 0 Å². The summed E-state index contributed by atoms with van der Waals surface area (Å²) >= 11 is 0. The molecule has 0 radical (unpaired) electrons. The van der Waals surface area contributed by atoms with Crippen LogP contribution in [0.5, 0.6) is 23.0 Å². The maximum Gasteiger partial charge on any atom is 0.165 e. The lowest BCUT2D eigenvalue weighted by Crippen LogP contribution is -1.77. The molecule has 2 aromatic carbocycles. The Morgan fingerprint density at radius 1 is 0.714 bits per heavy atom. The molecule has 14 heavy (non-hydrogen) atoms. The molecule has 0 aliphatic heterocycles. The second-order valence-electron chi connectivity index (χ2n) is 2.99. The summed E-state index contributed by atoms with van der Waals surface area (Å²) in [4.78, 5) is 0. The van der Waals surface area contributed by atoms with Crippen LogP contribution in [-0.2, 0) is 0 Å². The molecule has 0 aliphatic carbocycles. The SMILES string of the molecule is Oc1cc(O)c2ccc(O)c(O)c2c1. The second kappa shape index (κ2) is 2.70. The number of hydrogen-bond acceptors (Lipinski definition) is 4. The molecule has 0 aromatic heterocycles. The minimum atomic E-state index is -0.353. The van der Waals surface area contributed by atoms with Gasteiger partial charge in [0.25, 0.3) is 0 Å². The molecule has 4 nitrogen and oxygen atoms in total. The summed E-state index contributed by atoms with van der Waals surface area (Å²) in [5.74, 6) is -0.956. The van der Waals surface area contributed by atoms with Crippen LogP contribution in [0, 0.1) is 0 Å². The predicted octanol–water partition coefficient (Wildman–Crippen LogP) is 1.66. The van der Waals surface area contributed by atoms with E-state index in [9.17, 15) is 20.4 Å². The molecular weight excluding hydrogens is 184 g/mol. The lowest BCUT2D eigenvalue weighted by molar-refractivity contribution is 0.407. The monoisotopic (exact) mass is 192 g/mol. The van der Waals surface area contributed by atoms with Crippen LogP contribution in [-0.4, -0.2) is 20.4 Å². The number of benzene rings is 2. The molecule has 0 spiro atoms. The molecule has 2 rings (SSSR count). The van der Waals surface area contributed by atoms with Crippen LogP contribution in [0.4, 0.5) is 0 Å². The average Bonchev–Trinajstić information content (AvgIpc) is 2.12. The molecule has 0 heterocycles. The summed E-state index contributed by atoms with van der Waals surface area (Å²) in [6, 6.07) is 5.16. The Kier molecular flexibility index (Phi) is 1.64. The van der Waals surface area contributed by atoms with Crippen molar-refractivity contribution in [3.05, 3.63) is 24.3 Å². The minimum absolute atomic E-state index is 0.143. The normalized spacial score (nSPS) is 10.6. The Morgan fingerprint density at radius 3 is 2.14 bits per heavy atom. The summed E-state index contributed by atoms with van der Waals surface area (Å²) in [7, 11) is 0. The Hall–Kier alpha value is -2.10. The zero-order valence-electron chi connectivity index (χ0n) is 7.10. The topological polar surface area (TPSA) is 80.9 Å². The highest BCUT2D eigenvalue weighted by atomic mass is 16.3. The van der Waals surface area contributed by atoms with Crippen molar-refractivity contribution < 1.29 is 20.4 Å². The molecule has 0 aliphatic rings. The van der Waals surface area contributed by atoms with Crippen LogP contribution < -0.4 is 0 Å². The van der Waals surface area contributed by atoms with Gasteiger partial charge in [0.15, 0.2) is 11.5 Å². The maximum absolute atomic E-state index is 9.43. The molecule has 4 N–H and O–H groups in total. The smallest absolute Gasteiger partial charge is 0.165 e. The number of hydrogen-bond donors (Lipinski definition) is 4. The molecule has 0 unspecified atom stereocenters. The van der Waals surface area contributed by atoms with Gasteiger partial charge in [0, 0.05) is 16.8 Å². The summed E-state index contributed by atoms with van der Waals surface area (Å²) in [5.41, 5.74) is 0. The Bertz CT molecular complexity index is 505. The van der Waals surface area contributed by atoms with E-state index in [4.69, 9.17) is 0 Å². The third kappa shape index (κ3) is 1.08. The standard InChI is InChI=1S/C10H8O4/c11-5-3-7-6(9(13)4-5)1-2-8(12)10(7)14/h1-4,11-14H. The quantitative estimate of drug-likeness (QED) is 0.478. The van der Waals surface area contributed by atoms with Gasteiger partial charge >= 0.3 is 0 Å². The van der Waals surface area contributed by atoms with Gasteiger partial charge in [-0.25, -0.2) is 0 Å². The van der Waals surface area contributed by atoms with Gasteiger partial charge in [-0.05, 0) is 18.2 Å². The van der Waals surface area contributed by atoms with Gasteiger partial charge in [0.1, 0.15) is 11.5 Å². The molecule has 0 saturated heterocycles. The molecule has 0 fully saturated rings. The van der Waals surface area contributed by atoms with Crippen LogP contribution in [0.1, 0.15) is 0 Å². The molecular formula is C10H8O4. The summed E-state index contributed by atoms with van der Waals surface area (Å²) < 4.78 is 0. The van der Waals surface area contributed by atoms with Crippen LogP contribution in [0.15, 0.2) is 24.3 Å². The molecule has 0 amide bonds. The second-order valence-corrected chi connectivity index (χ2v) is 2.99. The minimum Gasteiger partial charge on any atom is -0.508 e. The van der Waals surface area contributed by atoms with E-state index >= 15 is 0 Å². The first kappa shape index (κ1) is 8.50. The number of aromatic hydroxyl groups is 4. The first-order chi connectivity index (χ1) is 6.59. The van der Waals surface area contributed by atoms with Crippen molar-refractivity contribution in [1.82, 2.24) is 0 Å². The third-order valence-corrected chi connectivity index (χ3v) is 2.05. The highest BCUT2D eigenvalue weighted by molar-refractivity contribution is 5.95. The fourth-order valence-electron chi connectivity index (χ4n) is 1.37. The molecule has 0 bridgehead atoms. The zero-order chi connectivity index (χ0) is 10.3. The maximum atomic E-state index is 9.43. The fraction of sp³-hybridized carbons (Fsp3) is 0. The first-order valence-corrected chi connectivity index (χ1v) is 3.96. The van der Waals surface area contributed by atoms with E-state index in [1.165, 1.54) is 24.3 Å². The van der Waals surface area contributed by atoms with Crippen molar-refractivity contribution in [2.45, 2.75) is 0 Å². The Balaban J connectivity index is 2.95. The van der Waals surface area contributed by atoms with Gasteiger partial charge in [0.2, 0.25) is 0 Å². The van der Waals surface area contributed by atoms with Crippen LogP contribution in [0.25, 0.3) is 10.8 Å². The number of phenolic OH excluding ortho intramolecular Hbond substituents is 4. The lowest BCUT2D eigenvalue weighted by atomic mass is 10.1. The first-order valence-electron chi connectivity index (χ1n) is 3.96. The lowest BCUT2D eigenvalue weighted by Gasteiger charge is -2.05. The van der Waals surface area contributed by atoms with Crippen LogP contribution in [0.3, 0.4) is 0 Å². The van der Waals surface area contributed by atoms with Gasteiger partial charge < -0.3 is 20.4 Å². The number of fused-ring (bicyclic) bond motifs is 1. The van der Waals surface area contributed by atoms with E-state index in [1.54, 1.807) is 0 Å². The van der Waals surface area contributed by atoms with Crippen molar-refractivity contribution in [2.75, 3.05) is 0 Å². The van der Waals surface area contributed by atoms with E-state index in [0.717, 1.165) is 0 Å². The van der Waals surface area contributed by atoms with Crippen LogP contribution >= 0.6 is 0 Å². The van der Waals surface area contributed by atoms with Gasteiger partial charge in [0.05, 0.1) is 0 Å². The van der Waals surface area contributed by atoms with Crippen molar-refractivity contribution in [3.8, 4) is 23.0 Å². The summed E-state index contributed by atoms with van der Waals surface area (Å²) in [6.07, 6.45) is 0. The molecule has 2 aromatic rings. The van der Waals surface area contributed by atoms with Crippen LogP contribution in [0.2, 0.25) is 0 Å². The molecule has 4 heteroatoms. The highest BCUT2D eigenvalue weighted by Crippen LogP contribution is 2.39. The van der Waals surface area contributed by atoms with Crippen molar-refractivity contribution in [2.24, 2.45) is 0 Å². The van der Waals surface area contributed by atoms with Crippen molar-refractivity contribution >= 4 is 10.8 Å². The number of rotatable bonds is 0. The molecule has 0 saturated carbocycles. The number of phenols is 4. The molecule has 0 atom stereocenters. The third-order valence-electron chi connectivity index (χ3n) is 2.05.